The number of hydrogen-bond donors (Lipinski definition) is 1. The third kappa shape index (κ3) is 3.48. The van der Waals surface area contributed by atoms with Gasteiger partial charge in [-0.15, -0.1) is 0 Å². The van der Waals surface area contributed by atoms with Crippen LogP contribution in [0, 0.1) is 6.92 Å². The molecule has 9 heteroatoms. The molecule has 0 aliphatic heterocycles. The molecular formula is C19H18ClN5O2S. The lowest BCUT2D eigenvalue weighted by Crippen LogP contribution is -2.14. The molecule has 0 radical (unpaired) electrons. The molecule has 7 nitrogen and oxygen atoms in total. The van der Waals surface area contributed by atoms with Crippen molar-refractivity contribution in [1.82, 2.24) is 19.1 Å². The molecule has 0 fully saturated rings. The van der Waals surface area contributed by atoms with E-state index in [1.807, 2.05) is 35.8 Å². The maximum Gasteiger partial charge on any atom is 0.280 e. The van der Waals surface area contributed by atoms with Crippen molar-refractivity contribution in [2.45, 2.75) is 18.5 Å². The zero-order valence-corrected chi connectivity index (χ0v) is 16.9. The van der Waals surface area contributed by atoms with Crippen molar-refractivity contribution < 1.29 is 8.42 Å². The first-order chi connectivity index (χ1) is 13.3. The van der Waals surface area contributed by atoms with Crippen LogP contribution in [0.5, 0.6) is 0 Å². The normalized spacial score (nSPS) is 11.8. The molecule has 0 saturated heterocycles. The Morgan fingerprint density at radius 1 is 1.18 bits per heavy atom. The number of nitrogens with one attached hydrogen (secondary N) is 1. The van der Waals surface area contributed by atoms with E-state index in [1.165, 1.54) is 12.5 Å². The van der Waals surface area contributed by atoms with Gasteiger partial charge in [0.05, 0.1) is 23.9 Å². The Morgan fingerprint density at radius 2 is 1.96 bits per heavy atom. The number of aromatic nitrogens is 4. The molecule has 2 heterocycles. The van der Waals surface area contributed by atoms with Crippen LogP contribution in [-0.4, -0.2) is 27.5 Å². The second-order valence-corrected chi connectivity index (χ2v) is 8.56. The highest BCUT2D eigenvalue weighted by molar-refractivity contribution is 7.92. The highest BCUT2D eigenvalue weighted by Crippen LogP contribution is 2.25. The van der Waals surface area contributed by atoms with E-state index in [-0.39, 0.29) is 5.03 Å². The number of rotatable bonds is 5. The number of hydrogen-bond acceptors (Lipinski definition) is 4. The quantitative estimate of drug-likeness (QED) is 0.540. The summed E-state index contributed by atoms with van der Waals surface area (Å²) in [4.78, 5) is 8.46. The summed E-state index contributed by atoms with van der Waals surface area (Å²) in [5.74, 6) is 0.858. The molecule has 2 aromatic carbocycles. The average Bonchev–Trinajstić information content (AvgIpc) is 3.22. The van der Waals surface area contributed by atoms with E-state index in [1.54, 1.807) is 29.8 Å². The third-order valence-electron chi connectivity index (χ3n) is 4.43. The SMILES string of the molecule is Cc1nc2ccccc2n1Cc1cc(NS(=O)(=O)c2cn(C)cn2)ccc1Cl. The van der Waals surface area contributed by atoms with Crippen LogP contribution in [0.4, 0.5) is 5.69 Å². The Kier molecular flexibility index (Phi) is 4.60. The van der Waals surface area contributed by atoms with Crippen LogP contribution < -0.4 is 4.72 Å². The summed E-state index contributed by atoms with van der Waals surface area (Å²) < 4.78 is 31.2. The summed E-state index contributed by atoms with van der Waals surface area (Å²) in [6, 6.07) is 12.9. The molecule has 0 aliphatic carbocycles. The molecule has 0 bridgehead atoms. The van der Waals surface area contributed by atoms with Gasteiger partial charge in [-0.05, 0) is 42.8 Å². The van der Waals surface area contributed by atoms with Gasteiger partial charge >= 0.3 is 0 Å². The van der Waals surface area contributed by atoms with E-state index in [0.29, 0.717) is 17.3 Å². The van der Waals surface area contributed by atoms with Gasteiger partial charge in [0.1, 0.15) is 5.82 Å². The van der Waals surface area contributed by atoms with E-state index in [9.17, 15) is 8.42 Å². The Bertz CT molecular complexity index is 1280. The Labute approximate surface area is 167 Å². The maximum atomic E-state index is 12.5. The number of nitrogens with zero attached hydrogens (tertiary/aromatic N) is 4. The van der Waals surface area contributed by atoms with Gasteiger partial charge in [0.25, 0.3) is 10.0 Å². The lowest BCUT2D eigenvalue weighted by Gasteiger charge is -2.12. The number of para-hydroxylation sites is 2. The fourth-order valence-corrected chi connectivity index (χ4v) is 4.27. The summed E-state index contributed by atoms with van der Waals surface area (Å²) in [7, 11) is -2.06. The highest BCUT2D eigenvalue weighted by atomic mass is 35.5. The highest BCUT2D eigenvalue weighted by Gasteiger charge is 2.18. The van der Waals surface area contributed by atoms with Gasteiger partial charge in [-0.1, -0.05) is 23.7 Å². The maximum absolute atomic E-state index is 12.5. The number of halogens is 1. The zero-order chi connectivity index (χ0) is 19.9. The first kappa shape index (κ1) is 18.5. The van der Waals surface area contributed by atoms with Crippen molar-refractivity contribution in [2.24, 2.45) is 7.05 Å². The van der Waals surface area contributed by atoms with E-state index in [4.69, 9.17) is 11.6 Å². The molecule has 0 spiro atoms. The van der Waals surface area contributed by atoms with Crippen molar-refractivity contribution in [3.05, 3.63) is 71.4 Å². The smallest absolute Gasteiger partial charge is 0.280 e. The van der Waals surface area contributed by atoms with Crippen LogP contribution in [0.15, 0.2) is 60.0 Å². The third-order valence-corrected chi connectivity index (χ3v) is 6.06. The van der Waals surface area contributed by atoms with Crippen LogP contribution in [0.25, 0.3) is 11.0 Å². The van der Waals surface area contributed by atoms with E-state index in [0.717, 1.165) is 22.4 Å². The molecular weight excluding hydrogens is 398 g/mol. The van der Waals surface area contributed by atoms with E-state index < -0.39 is 10.0 Å². The molecule has 0 saturated carbocycles. The van der Waals surface area contributed by atoms with Crippen molar-refractivity contribution in [3.8, 4) is 0 Å². The topological polar surface area (TPSA) is 81.8 Å². The Hall–Kier alpha value is -2.84. The van der Waals surface area contributed by atoms with Crippen LogP contribution in [0.1, 0.15) is 11.4 Å². The zero-order valence-electron chi connectivity index (χ0n) is 15.3. The largest absolute Gasteiger partial charge is 0.339 e. The molecule has 0 atom stereocenters. The van der Waals surface area contributed by atoms with Crippen molar-refractivity contribution in [1.29, 1.82) is 0 Å². The number of sulfonamides is 1. The summed E-state index contributed by atoms with van der Waals surface area (Å²) in [6.07, 6.45) is 2.88. The minimum absolute atomic E-state index is 0.0389. The second kappa shape index (κ2) is 6.96. The molecule has 1 N–H and O–H groups in total. The number of fused-ring (bicyclic) bond motifs is 1. The lowest BCUT2D eigenvalue weighted by atomic mass is 10.2. The van der Waals surface area contributed by atoms with Crippen molar-refractivity contribution in [3.63, 3.8) is 0 Å². The molecule has 144 valence electrons. The monoisotopic (exact) mass is 415 g/mol. The van der Waals surface area contributed by atoms with Gasteiger partial charge < -0.3 is 9.13 Å². The van der Waals surface area contributed by atoms with Gasteiger partial charge in [-0.3, -0.25) is 4.72 Å². The van der Waals surface area contributed by atoms with E-state index in [2.05, 4.69) is 14.7 Å². The number of aryl methyl sites for hydroxylation is 2. The van der Waals surface area contributed by atoms with Crippen LogP contribution in [0.2, 0.25) is 5.02 Å². The molecule has 2 aromatic heterocycles. The Morgan fingerprint density at radius 3 is 2.71 bits per heavy atom. The second-order valence-electron chi connectivity index (χ2n) is 6.52. The Balaban J connectivity index is 1.67. The summed E-state index contributed by atoms with van der Waals surface area (Å²) >= 11 is 6.38. The molecule has 4 aromatic rings. The molecule has 0 unspecified atom stereocenters. The van der Waals surface area contributed by atoms with Gasteiger partial charge in [0, 0.05) is 24.0 Å². The number of anilines is 1. The fourth-order valence-electron chi connectivity index (χ4n) is 3.06. The van der Waals surface area contributed by atoms with Crippen LogP contribution in [-0.2, 0) is 23.6 Å². The fraction of sp³-hybridized carbons (Fsp3) is 0.158. The van der Waals surface area contributed by atoms with E-state index >= 15 is 0 Å². The van der Waals surface area contributed by atoms with Crippen LogP contribution >= 0.6 is 11.6 Å². The van der Waals surface area contributed by atoms with Gasteiger partial charge in [0.2, 0.25) is 0 Å². The predicted molar refractivity (Wildman–Crippen MR) is 109 cm³/mol. The molecule has 28 heavy (non-hydrogen) atoms. The number of benzene rings is 2. The van der Waals surface area contributed by atoms with Crippen LogP contribution in [0.3, 0.4) is 0 Å². The minimum atomic E-state index is -3.77. The lowest BCUT2D eigenvalue weighted by molar-refractivity contribution is 0.598. The molecule has 4 rings (SSSR count). The first-order valence-electron chi connectivity index (χ1n) is 8.54. The van der Waals surface area contributed by atoms with Crippen molar-refractivity contribution >= 4 is 38.3 Å². The van der Waals surface area contributed by atoms with Gasteiger partial charge in [-0.25, -0.2) is 9.97 Å². The summed E-state index contributed by atoms with van der Waals surface area (Å²) in [5.41, 5.74) is 3.11. The standard InChI is InChI=1S/C19H18ClN5O2S/c1-13-22-17-5-3-4-6-18(17)25(13)10-14-9-15(7-8-16(14)20)23-28(26,27)19-11-24(2)12-21-19/h3-9,11-12,23H,10H2,1-2H3. The summed E-state index contributed by atoms with van der Waals surface area (Å²) in [6.45, 7) is 2.41. The number of imidazole rings is 2. The first-order valence-corrected chi connectivity index (χ1v) is 10.4. The molecule has 0 aliphatic rings. The van der Waals surface area contributed by atoms with Crippen molar-refractivity contribution in [2.75, 3.05) is 4.72 Å². The average molecular weight is 416 g/mol. The molecule has 0 amide bonds. The summed E-state index contributed by atoms with van der Waals surface area (Å²) in [5, 5.41) is 0.515. The predicted octanol–water partition coefficient (Wildman–Crippen LogP) is 3.58. The van der Waals surface area contributed by atoms with Gasteiger partial charge in [-0.2, -0.15) is 8.42 Å². The minimum Gasteiger partial charge on any atom is -0.339 e. The van der Waals surface area contributed by atoms with Gasteiger partial charge in [0.15, 0.2) is 5.03 Å².